The van der Waals surface area contributed by atoms with Gasteiger partial charge in [0.15, 0.2) is 0 Å². The van der Waals surface area contributed by atoms with Crippen molar-refractivity contribution in [1.82, 2.24) is 10.3 Å². The fourth-order valence-electron chi connectivity index (χ4n) is 2.35. The predicted molar refractivity (Wildman–Crippen MR) is 89.0 cm³/mol. The highest BCUT2D eigenvalue weighted by Gasteiger charge is 2.08. The van der Waals surface area contributed by atoms with Crippen molar-refractivity contribution < 1.29 is 9.21 Å². The molecule has 4 nitrogen and oxygen atoms in total. The van der Waals surface area contributed by atoms with Crippen LogP contribution < -0.4 is 5.32 Å². The van der Waals surface area contributed by atoms with Crippen LogP contribution in [-0.2, 0) is 6.54 Å². The Balaban J connectivity index is 1.68. The summed E-state index contributed by atoms with van der Waals surface area (Å²) in [4.78, 5) is 16.5. The number of aromatic nitrogens is 1. The maximum Gasteiger partial charge on any atom is 0.253 e. The summed E-state index contributed by atoms with van der Waals surface area (Å²) >= 11 is 0. The Labute approximate surface area is 135 Å². The van der Waals surface area contributed by atoms with Crippen LogP contribution in [0, 0.1) is 13.8 Å². The first kappa shape index (κ1) is 15.0. The van der Waals surface area contributed by atoms with E-state index in [0.717, 1.165) is 22.8 Å². The van der Waals surface area contributed by atoms with Crippen LogP contribution in [0.4, 0.5) is 0 Å². The zero-order chi connectivity index (χ0) is 16.2. The van der Waals surface area contributed by atoms with Crippen LogP contribution in [0.25, 0.3) is 11.3 Å². The van der Waals surface area contributed by atoms with Gasteiger partial charge in [0.1, 0.15) is 11.5 Å². The van der Waals surface area contributed by atoms with Gasteiger partial charge in [-0.25, -0.2) is 0 Å². The van der Waals surface area contributed by atoms with Crippen molar-refractivity contribution in [3.63, 3.8) is 0 Å². The number of aryl methyl sites for hydroxylation is 2. The van der Waals surface area contributed by atoms with Crippen LogP contribution in [0.1, 0.15) is 27.4 Å². The number of amides is 1. The highest BCUT2D eigenvalue weighted by molar-refractivity contribution is 5.94. The molecular formula is C19H18N2O2. The van der Waals surface area contributed by atoms with E-state index in [1.807, 2.05) is 50.2 Å². The second-order valence-electron chi connectivity index (χ2n) is 5.50. The molecule has 0 fully saturated rings. The summed E-state index contributed by atoms with van der Waals surface area (Å²) in [5.74, 6) is 1.40. The largest absolute Gasteiger partial charge is 0.465 e. The van der Waals surface area contributed by atoms with Crippen molar-refractivity contribution in [3.8, 4) is 11.3 Å². The number of hydrogen-bond donors (Lipinski definition) is 1. The van der Waals surface area contributed by atoms with Gasteiger partial charge in [-0.1, -0.05) is 23.8 Å². The van der Waals surface area contributed by atoms with Gasteiger partial charge in [0.25, 0.3) is 5.91 Å². The third-order valence-electron chi connectivity index (χ3n) is 3.56. The predicted octanol–water partition coefficient (Wildman–Crippen LogP) is 3.89. The number of furan rings is 1. The number of benzene rings is 1. The van der Waals surface area contributed by atoms with E-state index in [1.54, 1.807) is 12.3 Å². The minimum absolute atomic E-state index is 0.164. The molecule has 0 unspecified atom stereocenters. The molecule has 0 radical (unpaired) electrons. The maximum atomic E-state index is 12.1. The lowest BCUT2D eigenvalue weighted by molar-refractivity contribution is 0.0947. The SMILES string of the molecule is Cc1cccc(-c2ccc(C(=O)NCc3ccc(C)o3)cn2)c1. The van der Waals surface area contributed by atoms with Gasteiger partial charge in [-0.3, -0.25) is 9.78 Å². The fourth-order valence-corrected chi connectivity index (χ4v) is 2.35. The van der Waals surface area contributed by atoms with Crippen molar-refractivity contribution in [2.24, 2.45) is 0 Å². The lowest BCUT2D eigenvalue weighted by Gasteiger charge is -2.05. The molecule has 23 heavy (non-hydrogen) atoms. The van der Waals surface area contributed by atoms with Crippen LogP contribution in [0.2, 0.25) is 0 Å². The van der Waals surface area contributed by atoms with Crippen molar-refractivity contribution in [3.05, 3.63) is 77.4 Å². The first-order valence-electron chi connectivity index (χ1n) is 7.48. The van der Waals surface area contributed by atoms with Gasteiger partial charge in [-0.05, 0) is 44.2 Å². The fraction of sp³-hybridized carbons (Fsp3) is 0.158. The first-order valence-corrected chi connectivity index (χ1v) is 7.48. The summed E-state index contributed by atoms with van der Waals surface area (Å²) in [6.45, 7) is 4.28. The summed E-state index contributed by atoms with van der Waals surface area (Å²) in [7, 11) is 0. The van der Waals surface area contributed by atoms with E-state index in [1.165, 1.54) is 5.56 Å². The normalized spacial score (nSPS) is 10.5. The lowest BCUT2D eigenvalue weighted by atomic mass is 10.1. The molecule has 1 N–H and O–H groups in total. The van der Waals surface area contributed by atoms with Crippen molar-refractivity contribution in [1.29, 1.82) is 0 Å². The van der Waals surface area contributed by atoms with E-state index in [2.05, 4.69) is 16.4 Å². The molecule has 1 amide bonds. The Morgan fingerprint density at radius 2 is 2.00 bits per heavy atom. The highest BCUT2D eigenvalue weighted by atomic mass is 16.3. The zero-order valence-corrected chi connectivity index (χ0v) is 13.2. The second-order valence-corrected chi connectivity index (χ2v) is 5.50. The zero-order valence-electron chi connectivity index (χ0n) is 13.2. The summed E-state index contributed by atoms with van der Waals surface area (Å²) in [6.07, 6.45) is 1.60. The number of nitrogens with zero attached hydrogens (tertiary/aromatic N) is 1. The maximum absolute atomic E-state index is 12.1. The van der Waals surface area contributed by atoms with E-state index in [4.69, 9.17) is 4.42 Å². The van der Waals surface area contributed by atoms with Gasteiger partial charge in [-0.15, -0.1) is 0 Å². The molecular weight excluding hydrogens is 288 g/mol. The minimum atomic E-state index is -0.164. The molecule has 4 heteroatoms. The molecule has 3 aromatic rings. The molecule has 0 atom stereocenters. The van der Waals surface area contributed by atoms with Crippen LogP contribution in [0.5, 0.6) is 0 Å². The van der Waals surface area contributed by atoms with Crippen LogP contribution in [0.15, 0.2) is 59.1 Å². The Morgan fingerprint density at radius 1 is 1.13 bits per heavy atom. The number of hydrogen-bond acceptors (Lipinski definition) is 3. The molecule has 3 rings (SSSR count). The van der Waals surface area contributed by atoms with Crippen LogP contribution in [-0.4, -0.2) is 10.9 Å². The van der Waals surface area contributed by atoms with Gasteiger partial charge in [0, 0.05) is 11.8 Å². The molecule has 0 spiro atoms. The van der Waals surface area contributed by atoms with E-state index in [-0.39, 0.29) is 5.91 Å². The molecule has 0 aliphatic carbocycles. The van der Waals surface area contributed by atoms with E-state index >= 15 is 0 Å². The summed E-state index contributed by atoms with van der Waals surface area (Å²) in [5, 5.41) is 2.82. The third kappa shape index (κ3) is 3.66. The summed E-state index contributed by atoms with van der Waals surface area (Å²) < 4.78 is 5.43. The quantitative estimate of drug-likeness (QED) is 0.795. The molecule has 1 aromatic carbocycles. The highest BCUT2D eigenvalue weighted by Crippen LogP contribution is 2.18. The van der Waals surface area contributed by atoms with Gasteiger partial charge in [-0.2, -0.15) is 0 Å². The van der Waals surface area contributed by atoms with Gasteiger partial charge >= 0.3 is 0 Å². The summed E-state index contributed by atoms with van der Waals surface area (Å²) in [6, 6.07) is 15.5. The Morgan fingerprint density at radius 3 is 2.65 bits per heavy atom. The van der Waals surface area contributed by atoms with Crippen molar-refractivity contribution in [2.45, 2.75) is 20.4 Å². The average molecular weight is 306 g/mol. The average Bonchev–Trinajstić information content (AvgIpc) is 2.98. The molecule has 116 valence electrons. The van der Waals surface area contributed by atoms with E-state index < -0.39 is 0 Å². The van der Waals surface area contributed by atoms with Crippen molar-refractivity contribution in [2.75, 3.05) is 0 Å². The Hall–Kier alpha value is -2.88. The van der Waals surface area contributed by atoms with E-state index in [9.17, 15) is 4.79 Å². The van der Waals surface area contributed by atoms with Crippen molar-refractivity contribution >= 4 is 5.91 Å². The monoisotopic (exact) mass is 306 g/mol. The standard InChI is InChI=1S/C19H18N2O2/c1-13-4-3-5-15(10-13)18-9-7-16(11-20-18)19(22)21-12-17-8-6-14(2)23-17/h3-11H,12H2,1-2H3,(H,21,22). The third-order valence-corrected chi connectivity index (χ3v) is 3.56. The first-order chi connectivity index (χ1) is 11.1. The molecule has 0 aliphatic heterocycles. The topological polar surface area (TPSA) is 55.1 Å². The lowest BCUT2D eigenvalue weighted by Crippen LogP contribution is -2.22. The molecule has 2 heterocycles. The Bertz CT molecular complexity index is 819. The summed E-state index contributed by atoms with van der Waals surface area (Å²) in [5.41, 5.74) is 3.61. The molecule has 2 aromatic heterocycles. The van der Waals surface area contributed by atoms with Gasteiger partial charge in [0.2, 0.25) is 0 Å². The number of nitrogens with one attached hydrogen (secondary N) is 1. The number of carbonyl (C=O) groups is 1. The second kappa shape index (κ2) is 6.48. The van der Waals surface area contributed by atoms with Gasteiger partial charge in [0.05, 0.1) is 17.8 Å². The number of carbonyl (C=O) groups excluding carboxylic acids is 1. The van der Waals surface area contributed by atoms with Crippen LogP contribution in [0.3, 0.4) is 0 Å². The van der Waals surface area contributed by atoms with E-state index in [0.29, 0.717) is 12.1 Å². The molecule has 0 saturated carbocycles. The molecule has 0 saturated heterocycles. The van der Waals surface area contributed by atoms with Gasteiger partial charge < -0.3 is 9.73 Å². The molecule has 0 aliphatic rings. The van der Waals surface area contributed by atoms with Crippen LogP contribution >= 0.6 is 0 Å². The Kier molecular flexibility index (Phi) is 4.24. The minimum Gasteiger partial charge on any atom is -0.465 e. The number of rotatable bonds is 4. The number of pyridine rings is 1. The smallest absolute Gasteiger partial charge is 0.253 e. The molecule has 0 bridgehead atoms.